The van der Waals surface area contributed by atoms with E-state index < -0.39 is 35.2 Å². The number of benzene rings is 1. The first-order valence-corrected chi connectivity index (χ1v) is 8.64. The van der Waals surface area contributed by atoms with Gasteiger partial charge in [0.2, 0.25) is 0 Å². The van der Waals surface area contributed by atoms with Crippen molar-refractivity contribution in [2.75, 3.05) is 6.54 Å². The lowest BCUT2D eigenvalue weighted by Gasteiger charge is -2.31. The molecule has 0 radical (unpaired) electrons. The lowest BCUT2D eigenvalue weighted by atomic mass is 9.81. The normalized spacial score (nSPS) is 12.6. The molecule has 0 unspecified atom stereocenters. The van der Waals surface area contributed by atoms with Gasteiger partial charge in [-0.05, 0) is 44.7 Å². The monoisotopic (exact) mass is 380 g/mol. The van der Waals surface area contributed by atoms with Crippen molar-refractivity contribution in [2.24, 2.45) is 5.41 Å². The second kappa shape index (κ2) is 9.25. The number of hydrogen-bond acceptors (Lipinski definition) is 5. The summed E-state index contributed by atoms with van der Waals surface area (Å²) in [4.78, 5) is 35.4. The van der Waals surface area contributed by atoms with E-state index in [0.29, 0.717) is 12.2 Å². The third kappa shape index (κ3) is 8.44. The number of carboxylic acids is 1. The highest BCUT2D eigenvalue weighted by Crippen LogP contribution is 2.25. The minimum absolute atomic E-state index is 0.196. The molecule has 0 fully saturated rings. The number of amides is 2. The fraction of sp³-hybridized carbons (Fsp3) is 0.526. The van der Waals surface area contributed by atoms with Crippen LogP contribution < -0.4 is 15.4 Å². The van der Waals surface area contributed by atoms with Gasteiger partial charge in [0.25, 0.3) is 0 Å². The maximum absolute atomic E-state index is 12.0. The summed E-state index contributed by atoms with van der Waals surface area (Å²) in [7, 11) is 0. The van der Waals surface area contributed by atoms with E-state index >= 15 is 0 Å². The van der Waals surface area contributed by atoms with Gasteiger partial charge in [0.1, 0.15) is 17.4 Å². The van der Waals surface area contributed by atoms with Gasteiger partial charge in [-0.3, -0.25) is 0 Å². The summed E-state index contributed by atoms with van der Waals surface area (Å²) in [6, 6.07) is 7.14. The fourth-order valence-corrected chi connectivity index (χ4v) is 2.28. The predicted molar refractivity (Wildman–Crippen MR) is 99.7 cm³/mol. The van der Waals surface area contributed by atoms with Crippen molar-refractivity contribution in [3.05, 3.63) is 30.3 Å². The predicted octanol–water partition coefficient (Wildman–Crippen LogP) is 3.17. The minimum Gasteiger partial charge on any atom is -0.480 e. The lowest BCUT2D eigenvalue weighted by molar-refractivity contribution is -0.142. The number of carbonyl (C=O) groups excluding carboxylic acids is 2. The second-order valence-electron chi connectivity index (χ2n) is 7.79. The van der Waals surface area contributed by atoms with E-state index in [-0.39, 0.29) is 6.54 Å². The highest BCUT2D eigenvalue weighted by molar-refractivity contribution is 5.81. The average molecular weight is 380 g/mol. The van der Waals surface area contributed by atoms with Gasteiger partial charge in [-0.15, -0.1) is 0 Å². The SMILES string of the molecule is CC(C)(C)OC(=O)NCCC(C)(C)[C@H](NC(=O)Oc1ccccc1)C(=O)O. The topological polar surface area (TPSA) is 114 Å². The van der Waals surface area contributed by atoms with Crippen LogP contribution in [0.15, 0.2) is 30.3 Å². The minimum atomic E-state index is -1.20. The average Bonchev–Trinajstić information content (AvgIpc) is 2.51. The van der Waals surface area contributed by atoms with Gasteiger partial charge in [0.15, 0.2) is 0 Å². The molecular weight excluding hydrogens is 352 g/mol. The van der Waals surface area contributed by atoms with Crippen molar-refractivity contribution in [2.45, 2.75) is 52.7 Å². The molecule has 0 saturated heterocycles. The van der Waals surface area contributed by atoms with Crippen LogP contribution in [0.2, 0.25) is 0 Å². The Morgan fingerprint density at radius 2 is 1.63 bits per heavy atom. The Hall–Kier alpha value is -2.77. The van der Waals surface area contributed by atoms with Gasteiger partial charge in [0.05, 0.1) is 0 Å². The Bertz CT molecular complexity index is 652. The molecule has 0 spiro atoms. The van der Waals surface area contributed by atoms with E-state index in [4.69, 9.17) is 9.47 Å². The number of carboxylic acid groups (broad SMARTS) is 1. The van der Waals surface area contributed by atoms with Gasteiger partial charge in [-0.1, -0.05) is 32.0 Å². The largest absolute Gasteiger partial charge is 0.480 e. The molecule has 8 nitrogen and oxygen atoms in total. The molecule has 27 heavy (non-hydrogen) atoms. The molecule has 8 heteroatoms. The smallest absolute Gasteiger partial charge is 0.413 e. The van der Waals surface area contributed by atoms with Crippen LogP contribution in [0.25, 0.3) is 0 Å². The molecule has 150 valence electrons. The van der Waals surface area contributed by atoms with Gasteiger partial charge in [-0.2, -0.15) is 0 Å². The number of hydrogen-bond donors (Lipinski definition) is 3. The number of carbonyl (C=O) groups is 3. The molecule has 0 aliphatic carbocycles. The number of alkyl carbamates (subject to hydrolysis) is 1. The van der Waals surface area contributed by atoms with Crippen LogP contribution >= 0.6 is 0 Å². The van der Waals surface area contributed by atoms with Crippen LogP contribution in [0.1, 0.15) is 41.0 Å². The molecule has 0 aliphatic heterocycles. The van der Waals surface area contributed by atoms with Crippen molar-refractivity contribution < 1.29 is 29.0 Å². The van der Waals surface area contributed by atoms with E-state index in [1.54, 1.807) is 65.0 Å². The number of aliphatic carboxylic acids is 1. The van der Waals surface area contributed by atoms with Crippen LogP contribution in [0.5, 0.6) is 5.75 Å². The maximum atomic E-state index is 12.0. The summed E-state index contributed by atoms with van der Waals surface area (Å²) in [6.45, 7) is 8.82. The van der Waals surface area contributed by atoms with Gasteiger partial charge in [-0.25, -0.2) is 14.4 Å². The van der Waals surface area contributed by atoms with Crippen LogP contribution in [0.3, 0.4) is 0 Å². The first-order valence-electron chi connectivity index (χ1n) is 8.64. The van der Waals surface area contributed by atoms with Gasteiger partial charge < -0.3 is 25.2 Å². The third-order valence-electron chi connectivity index (χ3n) is 3.68. The van der Waals surface area contributed by atoms with E-state index in [1.807, 2.05) is 0 Å². The Labute approximate surface area is 159 Å². The summed E-state index contributed by atoms with van der Waals surface area (Å²) >= 11 is 0. The lowest BCUT2D eigenvalue weighted by Crippen LogP contribution is -2.52. The summed E-state index contributed by atoms with van der Waals surface area (Å²) in [6.07, 6.45) is -1.14. The molecule has 1 aromatic carbocycles. The van der Waals surface area contributed by atoms with Crippen molar-refractivity contribution in [3.63, 3.8) is 0 Å². The van der Waals surface area contributed by atoms with Crippen molar-refractivity contribution in [3.8, 4) is 5.75 Å². The molecule has 1 aromatic rings. The standard InChI is InChI=1S/C19H28N2O6/c1-18(2,3)27-16(24)20-12-11-19(4,5)14(15(22)23)21-17(25)26-13-9-7-6-8-10-13/h6-10,14H,11-12H2,1-5H3,(H,20,24)(H,21,25)(H,22,23)/t14-/m1/s1. The maximum Gasteiger partial charge on any atom is 0.413 e. The first kappa shape index (κ1) is 22.3. The van der Waals surface area contributed by atoms with Crippen molar-refractivity contribution >= 4 is 18.2 Å². The molecule has 0 aliphatic rings. The molecular formula is C19H28N2O6. The molecule has 0 saturated carbocycles. The van der Waals surface area contributed by atoms with E-state index in [1.165, 1.54) is 0 Å². The third-order valence-corrected chi connectivity index (χ3v) is 3.68. The Morgan fingerprint density at radius 1 is 1.04 bits per heavy atom. The molecule has 3 N–H and O–H groups in total. The first-order chi connectivity index (χ1) is 12.4. The Balaban J connectivity index is 2.62. The van der Waals surface area contributed by atoms with E-state index in [2.05, 4.69) is 10.6 Å². The zero-order chi connectivity index (χ0) is 20.7. The van der Waals surface area contributed by atoms with E-state index in [0.717, 1.165) is 0 Å². The number of rotatable bonds is 7. The zero-order valence-electron chi connectivity index (χ0n) is 16.4. The summed E-state index contributed by atoms with van der Waals surface area (Å²) in [5.41, 5.74) is -1.47. The summed E-state index contributed by atoms with van der Waals surface area (Å²) in [5, 5.41) is 14.5. The molecule has 0 bridgehead atoms. The van der Waals surface area contributed by atoms with Gasteiger partial charge in [0, 0.05) is 6.54 Å². The second-order valence-corrected chi connectivity index (χ2v) is 7.79. The highest BCUT2D eigenvalue weighted by atomic mass is 16.6. The van der Waals surface area contributed by atoms with Crippen molar-refractivity contribution in [1.82, 2.24) is 10.6 Å². The van der Waals surface area contributed by atoms with Crippen molar-refractivity contribution in [1.29, 1.82) is 0 Å². The summed E-state index contributed by atoms with van der Waals surface area (Å²) < 4.78 is 10.2. The quantitative estimate of drug-likeness (QED) is 0.669. The van der Waals surface area contributed by atoms with E-state index in [9.17, 15) is 19.5 Å². The van der Waals surface area contributed by atoms with Crippen LogP contribution in [0, 0.1) is 5.41 Å². The highest BCUT2D eigenvalue weighted by Gasteiger charge is 2.37. The number of para-hydroxylation sites is 1. The Morgan fingerprint density at radius 3 is 2.15 bits per heavy atom. The molecule has 1 atom stereocenters. The molecule has 0 heterocycles. The van der Waals surface area contributed by atoms with Gasteiger partial charge >= 0.3 is 18.2 Å². The van der Waals surface area contributed by atoms with Crippen LogP contribution in [-0.2, 0) is 9.53 Å². The molecule has 0 aromatic heterocycles. The summed E-state index contributed by atoms with van der Waals surface area (Å²) in [5.74, 6) is -0.884. The number of ether oxygens (including phenoxy) is 2. The molecule has 1 rings (SSSR count). The number of nitrogens with one attached hydrogen (secondary N) is 2. The molecule has 2 amide bonds. The Kier molecular flexibility index (Phi) is 7.63. The fourth-order valence-electron chi connectivity index (χ4n) is 2.28. The van der Waals surface area contributed by atoms with Crippen LogP contribution in [-0.4, -0.2) is 41.4 Å². The van der Waals surface area contributed by atoms with Crippen LogP contribution in [0.4, 0.5) is 9.59 Å². The zero-order valence-corrected chi connectivity index (χ0v) is 16.4.